The second-order valence-electron chi connectivity index (χ2n) is 6.35. The van der Waals surface area contributed by atoms with E-state index in [-0.39, 0.29) is 6.61 Å². The Morgan fingerprint density at radius 3 is 2.30 bits per heavy atom. The van der Waals surface area contributed by atoms with Gasteiger partial charge >= 0.3 is 0 Å². The lowest BCUT2D eigenvalue weighted by Crippen LogP contribution is -2.36. The summed E-state index contributed by atoms with van der Waals surface area (Å²) in [7, 11) is 3.35. The molecule has 0 saturated carbocycles. The van der Waals surface area contributed by atoms with Crippen LogP contribution in [0.4, 0.5) is 0 Å². The van der Waals surface area contributed by atoms with Gasteiger partial charge in [0, 0.05) is 38.4 Å². The SMILES string of the molecule is COCCCN(Cc1ccc(OC)cc1)C[C@H](O)COc1ccc(Cl)cc1. The van der Waals surface area contributed by atoms with E-state index in [0.717, 1.165) is 25.3 Å². The molecular weight excluding hydrogens is 366 g/mol. The van der Waals surface area contributed by atoms with Gasteiger partial charge in [0.05, 0.1) is 7.11 Å². The van der Waals surface area contributed by atoms with Crippen LogP contribution in [-0.2, 0) is 11.3 Å². The average Bonchev–Trinajstić information content (AvgIpc) is 2.68. The predicted octanol–water partition coefficient (Wildman–Crippen LogP) is 3.63. The zero-order chi connectivity index (χ0) is 19.5. The van der Waals surface area contributed by atoms with Crippen LogP contribution in [0.1, 0.15) is 12.0 Å². The summed E-state index contributed by atoms with van der Waals surface area (Å²) in [5.41, 5.74) is 1.17. The molecule has 0 fully saturated rings. The molecule has 148 valence electrons. The van der Waals surface area contributed by atoms with Crippen LogP contribution in [0, 0.1) is 0 Å². The lowest BCUT2D eigenvalue weighted by Gasteiger charge is -2.25. The van der Waals surface area contributed by atoms with Crippen molar-refractivity contribution in [3.05, 3.63) is 59.1 Å². The number of benzene rings is 2. The molecule has 1 N–H and O–H groups in total. The number of hydrogen-bond donors (Lipinski definition) is 1. The van der Waals surface area contributed by atoms with E-state index < -0.39 is 6.10 Å². The Balaban J connectivity index is 1.88. The Labute approximate surface area is 166 Å². The third-order valence-corrected chi connectivity index (χ3v) is 4.36. The highest BCUT2D eigenvalue weighted by Crippen LogP contribution is 2.16. The standard InChI is InChI=1S/C21H28ClNO4/c1-25-13-3-12-23(14-17-4-8-20(26-2)9-5-17)15-19(24)16-27-21-10-6-18(22)7-11-21/h4-11,19,24H,3,12-16H2,1-2H3/t19-/m0/s1. The highest BCUT2D eigenvalue weighted by atomic mass is 35.5. The lowest BCUT2D eigenvalue weighted by molar-refractivity contribution is 0.0617. The van der Waals surface area contributed by atoms with Gasteiger partial charge in [0.2, 0.25) is 0 Å². The summed E-state index contributed by atoms with van der Waals surface area (Å²) in [4.78, 5) is 2.21. The zero-order valence-corrected chi connectivity index (χ0v) is 16.7. The highest BCUT2D eigenvalue weighted by Gasteiger charge is 2.13. The molecule has 0 saturated heterocycles. The molecule has 2 rings (SSSR count). The number of nitrogens with zero attached hydrogens (tertiary/aromatic N) is 1. The predicted molar refractivity (Wildman–Crippen MR) is 108 cm³/mol. The van der Waals surface area contributed by atoms with Gasteiger partial charge in [-0.3, -0.25) is 4.90 Å². The minimum Gasteiger partial charge on any atom is -0.497 e. The number of aliphatic hydroxyl groups is 1. The van der Waals surface area contributed by atoms with Crippen LogP contribution in [0.5, 0.6) is 11.5 Å². The fraction of sp³-hybridized carbons (Fsp3) is 0.429. The maximum atomic E-state index is 10.4. The molecule has 1 atom stereocenters. The molecule has 0 aliphatic heterocycles. The zero-order valence-electron chi connectivity index (χ0n) is 15.9. The van der Waals surface area contributed by atoms with E-state index in [1.807, 2.05) is 24.3 Å². The first-order valence-corrected chi connectivity index (χ1v) is 9.39. The van der Waals surface area contributed by atoms with E-state index in [1.54, 1.807) is 38.5 Å². The van der Waals surface area contributed by atoms with Crippen molar-refractivity contribution in [2.24, 2.45) is 0 Å². The summed E-state index contributed by atoms with van der Waals surface area (Å²) in [6, 6.07) is 15.1. The number of rotatable bonds is 12. The molecule has 0 aliphatic rings. The molecule has 5 nitrogen and oxygen atoms in total. The van der Waals surface area contributed by atoms with Gasteiger partial charge in [-0.15, -0.1) is 0 Å². The van der Waals surface area contributed by atoms with Gasteiger partial charge in [0.15, 0.2) is 0 Å². The Hall–Kier alpha value is -1.79. The van der Waals surface area contributed by atoms with E-state index >= 15 is 0 Å². The van der Waals surface area contributed by atoms with Gasteiger partial charge in [-0.2, -0.15) is 0 Å². The quantitative estimate of drug-likeness (QED) is 0.558. The Bertz CT molecular complexity index is 648. The molecule has 2 aromatic carbocycles. The van der Waals surface area contributed by atoms with E-state index in [4.69, 9.17) is 25.8 Å². The van der Waals surface area contributed by atoms with Gasteiger partial charge in [-0.25, -0.2) is 0 Å². The number of aliphatic hydroxyl groups excluding tert-OH is 1. The molecular formula is C21H28ClNO4. The van der Waals surface area contributed by atoms with Gasteiger partial charge in [0.25, 0.3) is 0 Å². The normalized spacial score (nSPS) is 12.2. The van der Waals surface area contributed by atoms with Crippen molar-refractivity contribution < 1.29 is 19.3 Å². The van der Waals surface area contributed by atoms with Crippen LogP contribution in [0.2, 0.25) is 5.02 Å². The summed E-state index contributed by atoms with van der Waals surface area (Å²) in [6.45, 7) is 3.01. The summed E-state index contributed by atoms with van der Waals surface area (Å²) in [5, 5.41) is 11.1. The van der Waals surface area contributed by atoms with Gasteiger partial charge in [-0.05, 0) is 48.4 Å². The third-order valence-electron chi connectivity index (χ3n) is 4.11. The molecule has 0 radical (unpaired) electrons. The average molecular weight is 394 g/mol. The fourth-order valence-corrected chi connectivity index (χ4v) is 2.86. The van der Waals surface area contributed by atoms with Gasteiger partial charge in [-0.1, -0.05) is 23.7 Å². The summed E-state index contributed by atoms with van der Waals surface area (Å²) in [6.07, 6.45) is 0.304. The molecule has 0 aromatic heterocycles. The van der Waals surface area contributed by atoms with Crippen molar-refractivity contribution >= 4 is 11.6 Å². The van der Waals surface area contributed by atoms with E-state index in [1.165, 1.54) is 5.56 Å². The Kier molecular flexibility index (Phi) is 9.42. The van der Waals surface area contributed by atoms with Gasteiger partial charge < -0.3 is 19.3 Å². The minimum absolute atomic E-state index is 0.227. The van der Waals surface area contributed by atoms with Crippen molar-refractivity contribution in [3.8, 4) is 11.5 Å². The number of hydrogen-bond acceptors (Lipinski definition) is 5. The molecule has 0 spiro atoms. The van der Waals surface area contributed by atoms with Crippen LogP contribution < -0.4 is 9.47 Å². The molecule has 0 unspecified atom stereocenters. The first-order chi connectivity index (χ1) is 13.1. The van der Waals surface area contributed by atoms with Crippen LogP contribution in [-0.4, -0.2) is 56.6 Å². The Morgan fingerprint density at radius 1 is 1.00 bits per heavy atom. The smallest absolute Gasteiger partial charge is 0.119 e. The topological polar surface area (TPSA) is 51.2 Å². The Morgan fingerprint density at radius 2 is 1.67 bits per heavy atom. The van der Waals surface area contributed by atoms with Crippen LogP contribution in [0.3, 0.4) is 0 Å². The van der Waals surface area contributed by atoms with Gasteiger partial charge in [0.1, 0.15) is 24.2 Å². The van der Waals surface area contributed by atoms with Crippen LogP contribution in [0.25, 0.3) is 0 Å². The monoisotopic (exact) mass is 393 g/mol. The van der Waals surface area contributed by atoms with Crippen molar-refractivity contribution in [3.63, 3.8) is 0 Å². The lowest BCUT2D eigenvalue weighted by atomic mass is 10.2. The van der Waals surface area contributed by atoms with E-state index in [9.17, 15) is 5.11 Å². The first kappa shape index (κ1) is 21.5. The summed E-state index contributed by atoms with van der Waals surface area (Å²) < 4.78 is 16.0. The van der Waals surface area contributed by atoms with E-state index in [0.29, 0.717) is 23.9 Å². The molecule has 0 bridgehead atoms. The van der Waals surface area contributed by atoms with Crippen molar-refractivity contribution in [1.29, 1.82) is 0 Å². The second-order valence-corrected chi connectivity index (χ2v) is 6.78. The second kappa shape index (κ2) is 11.8. The van der Waals surface area contributed by atoms with E-state index in [2.05, 4.69) is 4.90 Å². The fourth-order valence-electron chi connectivity index (χ4n) is 2.73. The van der Waals surface area contributed by atoms with Crippen molar-refractivity contribution in [2.75, 3.05) is 40.5 Å². The van der Waals surface area contributed by atoms with Crippen LogP contribution in [0.15, 0.2) is 48.5 Å². The number of methoxy groups -OCH3 is 2. The summed E-state index contributed by atoms with van der Waals surface area (Å²) in [5.74, 6) is 1.53. The highest BCUT2D eigenvalue weighted by molar-refractivity contribution is 6.30. The maximum Gasteiger partial charge on any atom is 0.119 e. The molecule has 0 aliphatic carbocycles. The number of halogens is 1. The van der Waals surface area contributed by atoms with Crippen molar-refractivity contribution in [1.82, 2.24) is 4.90 Å². The first-order valence-electron chi connectivity index (χ1n) is 9.01. The number of ether oxygens (including phenoxy) is 3. The van der Waals surface area contributed by atoms with Crippen LogP contribution >= 0.6 is 11.6 Å². The maximum absolute atomic E-state index is 10.4. The molecule has 27 heavy (non-hydrogen) atoms. The largest absolute Gasteiger partial charge is 0.497 e. The summed E-state index contributed by atoms with van der Waals surface area (Å²) >= 11 is 5.87. The molecule has 0 heterocycles. The molecule has 0 amide bonds. The molecule has 6 heteroatoms. The minimum atomic E-state index is -0.596. The molecule has 2 aromatic rings. The third kappa shape index (κ3) is 8.18. The van der Waals surface area contributed by atoms with Crippen molar-refractivity contribution in [2.45, 2.75) is 19.1 Å².